The van der Waals surface area contributed by atoms with Crippen LogP contribution in [0.3, 0.4) is 0 Å². The van der Waals surface area contributed by atoms with Gasteiger partial charge in [0.25, 0.3) is 0 Å². The van der Waals surface area contributed by atoms with Gasteiger partial charge >= 0.3 is 0 Å². The molecule has 0 saturated carbocycles. The molecule has 0 unspecified atom stereocenters. The number of aryl methyl sites for hydroxylation is 2. The van der Waals surface area contributed by atoms with Crippen LogP contribution in [0.5, 0.6) is 0 Å². The largest absolute Gasteiger partial charge is 0.354 e. The SMILES string of the molecule is CC(C)c1ccc(-c2noc(CCC(=O)N[C@H](C)CCc3ccccc3)n2)cc1. The Morgan fingerprint density at radius 2 is 1.72 bits per heavy atom. The number of nitrogens with zero attached hydrogens (tertiary/aromatic N) is 2. The Kier molecular flexibility index (Phi) is 7.17. The predicted molar refractivity (Wildman–Crippen MR) is 115 cm³/mol. The van der Waals surface area contributed by atoms with Crippen molar-refractivity contribution in [1.82, 2.24) is 15.5 Å². The van der Waals surface area contributed by atoms with E-state index in [1.165, 1.54) is 11.1 Å². The smallest absolute Gasteiger partial charge is 0.227 e. The highest BCUT2D eigenvalue weighted by Crippen LogP contribution is 2.20. The molecule has 5 nitrogen and oxygen atoms in total. The Morgan fingerprint density at radius 1 is 1.00 bits per heavy atom. The lowest BCUT2D eigenvalue weighted by Gasteiger charge is -2.13. The summed E-state index contributed by atoms with van der Waals surface area (Å²) in [7, 11) is 0. The number of carbonyl (C=O) groups excluding carboxylic acids is 1. The van der Waals surface area contributed by atoms with Crippen molar-refractivity contribution >= 4 is 5.91 Å². The second kappa shape index (κ2) is 10.0. The van der Waals surface area contributed by atoms with E-state index in [1.807, 2.05) is 37.3 Å². The maximum atomic E-state index is 12.2. The summed E-state index contributed by atoms with van der Waals surface area (Å²) in [6.07, 6.45) is 2.63. The maximum Gasteiger partial charge on any atom is 0.227 e. The Bertz CT molecular complexity index is 901. The quantitative estimate of drug-likeness (QED) is 0.561. The molecule has 152 valence electrons. The van der Waals surface area contributed by atoms with Crippen molar-refractivity contribution in [2.75, 3.05) is 0 Å². The molecule has 3 aromatic rings. The molecule has 0 saturated heterocycles. The van der Waals surface area contributed by atoms with E-state index in [0.29, 0.717) is 30.5 Å². The normalized spacial score (nSPS) is 12.1. The molecule has 5 heteroatoms. The first-order valence-electron chi connectivity index (χ1n) is 10.3. The first kappa shape index (κ1) is 20.8. The number of hydrogen-bond donors (Lipinski definition) is 1. The summed E-state index contributed by atoms with van der Waals surface area (Å²) in [5, 5.41) is 7.09. The number of hydrogen-bond acceptors (Lipinski definition) is 4. The minimum Gasteiger partial charge on any atom is -0.354 e. The van der Waals surface area contributed by atoms with Crippen LogP contribution < -0.4 is 5.32 Å². The monoisotopic (exact) mass is 391 g/mol. The zero-order valence-corrected chi connectivity index (χ0v) is 17.4. The van der Waals surface area contributed by atoms with E-state index in [4.69, 9.17) is 4.52 Å². The molecule has 1 aromatic heterocycles. The third-order valence-corrected chi connectivity index (χ3v) is 4.99. The maximum absolute atomic E-state index is 12.2. The summed E-state index contributed by atoms with van der Waals surface area (Å²) in [6, 6.07) is 18.6. The van der Waals surface area contributed by atoms with E-state index in [9.17, 15) is 4.79 Å². The topological polar surface area (TPSA) is 68.0 Å². The Labute approximate surface area is 172 Å². The van der Waals surface area contributed by atoms with Gasteiger partial charge in [0.05, 0.1) is 0 Å². The highest BCUT2D eigenvalue weighted by Gasteiger charge is 2.13. The van der Waals surface area contributed by atoms with Crippen LogP contribution in [0.1, 0.15) is 56.5 Å². The molecule has 3 rings (SSSR count). The molecular weight excluding hydrogens is 362 g/mol. The first-order chi connectivity index (χ1) is 14.0. The highest BCUT2D eigenvalue weighted by atomic mass is 16.5. The molecule has 0 bridgehead atoms. The average Bonchev–Trinajstić information content (AvgIpc) is 3.21. The number of amides is 1. The molecule has 0 fully saturated rings. The van der Waals surface area contributed by atoms with E-state index >= 15 is 0 Å². The standard InChI is InChI=1S/C24H29N3O2/c1-17(2)20-11-13-21(14-12-20)24-26-23(29-27-24)16-15-22(28)25-18(3)9-10-19-7-5-4-6-8-19/h4-8,11-14,17-18H,9-10,15-16H2,1-3H3,(H,25,28)/t18-/m1/s1. The zero-order chi connectivity index (χ0) is 20.6. The lowest BCUT2D eigenvalue weighted by molar-refractivity contribution is -0.121. The van der Waals surface area contributed by atoms with Crippen LogP contribution in [0.15, 0.2) is 59.1 Å². The number of rotatable bonds is 9. The minimum atomic E-state index is 0.00611. The average molecular weight is 392 g/mol. The molecule has 1 N–H and O–H groups in total. The molecule has 0 aliphatic heterocycles. The van der Waals surface area contributed by atoms with E-state index in [-0.39, 0.29) is 11.9 Å². The zero-order valence-electron chi connectivity index (χ0n) is 17.4. The molecule has 29 heavy (non-hydrogen) atoms. The summed E-state index contributed by atoms with van der Waals surface area (Å²) in [6.45, 7) is 6.36. The second-order valence-corrected chi connectivity index (χ2v) is 7.78. The van der Waals surface area contributed by atoms with Crippen LogP contribution in [0.4, 0.5) is 0 Å². The summed E-state index contributed by atoms with van der Waals surface area (Å²) in [5.41, 5.74) is 3.48. The molecule has 2 aromatic carbocycles. The van der Waals surface area contributed by atoms with Gasteiger partial charge in [0.1, 0.15) is 0 Å². The third-order valence-electron chi connectivity index (χ3n) is 4.99. The van der Waals surface area contributed by atoms with Crippen LogP contribution in [0.25, 0.3) is 11.4 Å². The van der Waals surface area contributed by atoms with Gasteiger partial charge in [-0.05, 0) is 36.8 Å². The molecule has 1 atom stereocenters. The number of benzene rings is 2. The summed E-state index contributed by atoms with van der Waals surface area (Å²) in [5.74, 6) is 1.54. The molecule has 0 spiro atoms. The van der Waals surface area contributed by atoms with E-state index in [0.717, 1.165) is 18.4 Å². The van der Waals surface area contributed by atoms with Gasteiger partial charge in [0, 0.05) is 24.4 Å². The fourth-order valence-electron chi connectivity index (χ4n) is 3.16. The van der Waals surface area contributed by atoms with Gasteiger partial charge in [0.2, 0.25) is 17.6 Å². The van der Waals surface area contributed by atoms with Crippen LogP contribution in [-0.4, -0.2) is 22.1 Å². The fraction of sp³-hybridized carbons (Fsp3) is 0.375. The minimum absolute atomic E-state index is 0.00611. The van der Waals surface area contributed by atoms with Crippen LogP contribution in [-0.2, 0) is 17.6 Å². The van der Waals surface area contributed by atoms with Gasteiger partial charge in [-0.3, -0.25) is 4.79 Å². The first-order valence-corrected chi connectivity index (χ1v) is 10.3. The second-order valence-electron chi connectivity index (χ2n) is 7.78. The molecular formula is C24H29N3O2. The summed E-state index contributed by atoms with van der Waals surface area (Å²) >= 11 is 0. The Balaban J connectivity index is 1.44. The van der Waals surface area contributed by atoms with Gasteiger partial charge < -0.3 is 9.84 Å². The van der Waals surface area contributed by atoms with Crippen molar-refractivity contribution in [3.8, 4) is 11.4 Å². The molecule has 0 aliphatic rings. The summed E-state index contributed by atoms with van der Waals surface area (Å²) < 4.78 is 5.32. The van der Waals surface area contributed by atoms with Gasteiger partial charge in [-0.2, -0.15) is 4.98 Å². The van der Waals surface area contributed by atoms with Crippen LogP contribution in [0.2, 0.25) is 0 Å². The third kappa shape index (κ3) is 6.28. The van der Waals surface area contributed by atoms with Crippen molar-refractivity contribution < 1.29 is 9.32 Å². The van der Waals surface area contributed by atoms with Crippen LogP contribution >= 0.6 is 0 Å². The molecule has 1 heterocycles. The Hall–Kier alpha value is -2.95. The predicted octanol–water partition coefficient (Wildman–Crippen LogP) is 4.93. The molecule has 1 amide bonds. The van der Waals surface area contributed by atoms with E-state index in [1.54, 1.807) is 0 Å². The number of carbonyl (C=O) groups is 1. The van der Waals surface area contributed by atoms with Crippen molar-refractivity contribution in [3.63, 3.8) is 0 Å². The Morgan fingerprint density at radius 3 is 2.41 bits per heavy atom. The van der Waals surface area contributed by atoms with Crippen molar-refractivity contribution in [3.05, 3.63) is 71.6 Å². The van der Waals surface area contributed by atoms with Crippen LogP contribution in [0, 0.1) is 0 Å². The summed E-state index contributed by atoms with van der Waals surface area (Å²) in [4.78, 5) is 16.6. The van der Waals surface area contributed by atoms with E-state index in [2.05, 4.69) is 53.6 Å². The molecule has 0 aliphatic carbocycles. The molecule has 0 radical (unpaired) electrons. The van der Waals surface area contributed by atoms with Crippen molar-refractivity contribution in [2.24, 2.45) is 0 Å². The lowest BCUT2D eigenvalue weighted by atomic mass is 10.0. The van der Waals surface area contributed by atoms with Gasteiger partial charge in [0.15, 0.2) is 0 Å². The van der Waals surface area contributed by atoms with Crippen molar-refractivity contribution in [2.45, 2.75) is 58.4 Å². The van der Waals surface area contributed by atoms with Gasteiger partial charge in [-0.1, -0.05) is 73.6 Å². The van der Waals surface area contributed by atoms with Gasteiger partial charge in [-0.25, -0.2) is 0 Å². The van der Waals surface area contributed by atoms with Gasteiger partial charge in [-0.15, -0.1) is 0 Å². The van der Waals surface area contributed by atoms with E-state index < -0.39 is 0 Å². The lowest BCUT2D eigenvalue weighted by Crippen LogP contribution is -2.33. The number of nitrogens with one attached hydrogen (secondary N) is 1. The number of aromatic nitrogens is 2. The van der Waals surface area contributed by atoms with Crippen molar-refractivity contribution in [1.29, 1.82) is 0 Å². The highest BCUT2D eigenvalue weighted by molar-refractivity contribution is 5.76. The fourth-order valence-corrected chi connectivity index (χ4v) is 3.16.